The van der Waals surface area contributed by atoms with Gasteiger partial charge in [0.25, 0.3) is 0 Å². The van der Waals surface area contributed by atoms with E-state index in [0.29, 0.717) is 0 Å². The van der Waals surface area contributed by atoms with E-state index in [1.54, 1.807) is 6.07 Å². The normalized spacial score (nSPS) is 16.2. The van der Waals surface area contributed by atoms with Crippen LogP contribution >= 0.6 is 0 Å². The topological polar surface area (TPSA) is 15.3 Å². The summed E-state index contributed by atoms with van der Waals surface area (Å²) in [5, 5.41) is 3.40. The zero-order valence-corrected chi connectivity index (χ0v) is 13.0. The highest BCUT2D eigenvalue weighted by atomic mass is 19.1. The first-order chi connectivity index (χ1) is 9.65. The van der Waals surface area contributed by atoms with Crippen molar-refractivity contribution >= 4 is 5.69 Å². The Labute approximate surface area is 122 Å². The summed E-state index contributed by atoms with van der Waals surface area (Å²) < 4.78 is 14.4. The van der Waals surface area contributed by atoms with E-state index in [9.17, 15) is 4.39 Å². The lowest BCUT2D eigenvalue weighted by Gasteiger charge is -2.24. The van der Waals surface area contributed by atoms with Gasteiger partial charge in [0.1, 0.15) is 5.82 Å². The molecule has 1 aliphatic carbocycles. The molecule has 1 aromatic carbocycles. The highest BCUT2D eigenvalue weighted by Gasteiger charge is 2.25. The van der Waals surface area contributed by atoms with Crippen molar-refractivity contribution in [2.24, 2.45) is 5.92 Å². The van der Waals surface area contributed by atoms with Crippen LogP contribution in [-0.4, -0.2) is 19.6 Å². The fourth-order valence-corrected chi connectivity index (χ4v) is 2.54. The summed E-state index contributed by atoms with van der Waals surface area (Å²) in [5.41, 5.74) is 1.79. The standard InChI is InChI=1S/C17H27FN2/c1-4-10-19-13(3)15-8-9-17(16(18)11-15)20(5-2)12-14-6-7-14/h8-9,11,13-14,19H,4-7,10,12H2,1-3H3. The van der Waals surface area contributed by atoms with E-state index in [0.717, 1.165) is 43.2 Å². The Morgan fingerprint density at radius 1 is 1.35 bits per heavy atom. The second-order valence-electron chi connectivity index (χ2n) is 5.87. The van der Waals surface area contributed by atoms with E-state index in [2.05, 4.69) is 37.1 Å². The van der Waals surface area contributed by atoms with Gasteiger partial charge in [-0.1, -0.05) is 13.0 Å². The molecule has 1 fully saturated rings. The summed E-state index contributed by atoms with van der Waals surface area (Å²) >= 11 is 0. The van der Waals surface area contributed by atoms with Crippen LogP contribution in [0.15, 0.2) is 18.2 Å². The number of hydrogen-bond acceptors (Lipinski definition) is 2. The summed E-state index contributed by atoms with van der Waals surface area (Å²) in [5.74, 6) is 0.689. The van der Waals surface area contributed by atoms with E-state index in [1.807, 2.05) is 6.07 Å². The molecule has 0 spiro atoms. The van der Waals surface area contributed by atoms with Crippen LogP contribution in [0.2, 0.25) is 0 Å². The molecule has 0 aromatic heterocycles. The molecule has 112 valence electrons. The minimum Gasteiger partial charge on any atom is -0.369 e. The average molecular weight is 278 g/mol. The first-order valence-electron chi connectivity index (χ1n) is 7.93. The Bertz CT molecular complexity index is 429. The predicted molar refractivity (Wildman–Crippen MR) is 83.7 cm³/mol. The molecule has 0 radical (unpaired) electrons. The molecule has 0 heterocycles. The lowest BCUT2D eigenvalue weighted by atomic mass is 10.1. The maximum atomic E-state index is 14.4. The van der Waals surface area contributed by atoms with Crippen molar-refractivity contribution in [1.29, 1.82) is 0 Å². The summed E-state index contributed by atoms with van der Waals surface area (Å²) in [7, 11) is 0. The zero-order valence-electron chi connectivity index (χ0n) is 13.0. The van der Waals surface area contributed by atoms with Crippen LogP contribution < -0.4 is 10.2 Å². The number of halogens is 1. The molecule has 0 amide bonds. The third-order valence-electron chi connectivity index (χ3n) is 4.07. The Kier molecular flexibility index (Phi) is 5.41. The van der Waals surface area contributed by atoms with Crippen LogP contribution in [-0.2, 0) is 0 Å². The van der Waals surface area contributed by atoms with Gasteiger partial charge in [0, 0.05) is 19.1 Å². The van der Waals surface area contributed by atoms with E-state index in [4.69, 9.17) is 0 Å². The minimum atomic E-state index is -0.0878. The average Bonchev–Trinajstić information content (AvgIpc) is 3.26. The van der Waals surface area contributed by atoms with Crippen molar-refractivity contribution < 1.29 is 4.39 Å². The van der Waals surface area contributed by atoms with Gasteiger partial charge in [-0.2, -0.15) is 0 Å². The van der Waals surface area contributed by atoms with Gasteiger partial charge in [0.15, 0.2) is 0 Å². The Hall–Kier alpha value is -1.09. The SMILES string of the molecule is CCCNC(C)c1ccc(N(CC)CC2CC2)c(F)c1. The van der Waals surface area contributed by atoms with Crippen molar-refractivity contribution in [1.82, 2.24) is 5.32 Å². The second-order valence-corrected chi connectivity index (χ2v) is 5.87. The van der Waals surface area contributed by atoms with Gasteiger partial charge in [-0.15, -0.1) is 0 Å². The third-order valence-corrected chi connectivity index (χ3v) is 4.07. The van der Waals surface area contributed by atoms with Crippen LogP contribution in [0.5, 0.6) is 0 Å². The molecule has 2 nitrogen and oxygen atoms in total. The van der Waals surface area contributed by atoms with E-state index in [-0.39, 0.29) is 11.9 Å². The molecule has 20 heavy (non-hydrogen) atoms. The van der Waals surface area contributed by atoms with E-state index < -0.39 is 0 Å². The first-order valence-corrected chi connectivity index (χ1v) is 7.93. The number of rotatable bonds is 8. The molecule has 1 aliphatic rings. The van der Waals surface area contributed by atoms with Gasteiger partial charge < -0.3 is 10.2 Å². The van der Waals surface area contributed by atoms with Gasteiger partial charge in [-0.3, -0.25) is 0 Å². The van der Waals surface area contributed by atoms with Crippen molar-refractivity contribution in [3.63, 3.8) is 0 Å². The molecule has 1 saturated carbocycles. The molecule has 0 bridgehead atoms. The van der Waals surface area contributed by atoms with Crippen LogP contribution in [0, 0.1) is 11.7 Å². The zero-order chi connectivity index (χ0) is 14.5. The van der Waals surface area contributed by atoms with Crippen LogP contribution in [0.3, 0.4) is 0 Å². The van der Waals surface area contributed by atoms with Gasteiger partial charge in [-0.05, 0) is 63.3 Å². The maximum absolute atomic E-state index is 14.4. The van der Waals surface area contributed by atoms with Crippen molar-refractivity contribution in [2.75, 3.05) is 24.5 Å². The third kappa shape index (κ3) is 3.95. The quantitative estimate of drug-likeness (QED) is 0.769. The van der Waals surface area contributed by atoms with Crippen LogP contribution in [0.4, 0.5) is 10.1 Å². The molecule has 1 atom stereocenters. The number of anilines is 1. The monoisotopic (exact) mass is 278 g/mol. The molecule has 2 rings (SSSR count). The highest BCUT2D eigenvalue weighted by Crippen LogP contribution is 2.32. The number of benzene rings is 1. The maximum Gasteiger partial charge on any atom is 0.146 e. The van der Waals surface area contributed by atoms with Crippen molar-refractivity contribution in [2.45, 2.75) is 46.1 Å². The smallest absolute Gasteiger partial charge is 0.146 e. The van der Waals surface area contributed by atoms with Gasteiger partial charge in [0.2, 0.25) is 0 Å². The molecule has 1 aromatic rings. The second kappa shape index (κ2) is 7.07. The molecule has 0 saturated heterocycles. The summed E-state index contributed by atoms with van der Waals surface area (Å²) in [6.45, 7) is 9.16. The largest absolute Gasteiger partial charge is 0.369 e. The molecular weight excluding hydrogens is 251 g/mol. The summed E-state index contributed by atoms with van der Waals surface area (Å²) in [4.78, 5) is 2.17. The fourth-order valence-electron chi connectivity index (χ4n) is 2.54. The number of nitrogens with one attached hydrogen (secondary N) is 1. The summed E-state index contributed by atoms with van der Waals surface area (Å²) in [6, 6.07) is 5.90. The van der Waals surface area contributed by atoms with Crippen LogP contribution in [0.1, 0.15) is 51.6 Å². The molecule has 0 aliphatic heterocycles. The predicted octanol–water partition coefficient (Wildman–Crippen LogP) is 4.12. The first kappa shape index (κ1) is 15.3. The summed E-state index contributed by atoms with van der Waals surface area (Å²) in [6.07, 6.45) is 3.69. The number of hydrogen-bond donors (Lipinski definition) is 1. The van der Waals surface area contributed by atoms with Gasteiger partial charge >= 0.3 is 0 Å². The Morgan fingerprint density at radius 3 is 2.65 bits per heavy atom. The van der Waals surface area contributed by atoms with Gasteiger partial charge in [-0.25, -0.2) is 4.39 Å². The van der Waals surface area contributed by atoms with E-state index in [1.165, 1.54) is 12.8 Å². The molecular formula is C17H27FN2. The van der Waals surface area contributed by atoms with Crippen molar-refractivity contribution in [3.8, 4) is 0 Å². The Balaban J connectivity index is 2.07. The Morgan fingerprint density at radius 2 is 2.10 bits per heavy atom. The number of nitrogens with zero attached hydrogens (tertiary/aromatic N) is 1. The molecule has 3 heteroatoms. The lowest BCUT2D eigenvalue weighted by molar-refractivity contribution is 0.560. The molecule has 1 N–H and O–H groups in total. The van der Waals surface area contributed by atoms with Gasteiger partial charge in [0.05, 0.1) is 5.69 Å². The lowest BCUT2D eigenvalue weighted by Crippen LogP contribution is -2.26. The minimum absolute atomic E-state index is 0.0878. The highest BCUT2D eigenvalue weighted by molar-refractivity contribution is 5.49. The van der Waals surface area contributed by atoms with E-state index >= 15 is 0 Å². The molecule has 1 unspecified atom stereocenters. The fraction of sp³-hybridized carbons (Fsp3) is 0.647. The van der Waals surface area contributed by atoms with Crippen LogP contribution in [0.25, 0.3) is 0 Å². The van der Waals surface area contributed by atoms with Crippen molar-refractivity contribution in [3.05, 3.63) is 29.6 Å².